The van der Waals surface area contributed by atoms with Crippen molar-refractivity contribution in [2.24, 2.45) is 5.92 Å². The van der Waals surface area contributed by atoms with E-state index in [4.69, 9.17) is 4.98 Å². The summed E-state index contributed by atoms with van der Waals surface area (Å²) in [6.45, 7) is 0.665. The Bertz CT molecular complexity index is 683. The molecular formula is C17H20N2O2S2. The summed E-state index contributed by atoms with van der Waals surface area (Å²) in [5.74, 6) is -0.118. The molecule has 23 heavy (non-hydrogen) atoms. The first-order valence-corrected chi connectivity index (χ1v) is 10.00. The van der Waals surface area contributed by atoms with Gasteiger partial charge in [-0.1, -0.05) is 12.8 Å². The van der Waals surface area contributed by atoms with Crippen molar-refractivity contribution in [1.29, 1.82) is 0 Å². The van der Waals surface area contributed by atoms with Gasteiger partial charge in [-0.15, -0.1) is 11.3 Å². The third-order valence-electron chi connectivity index (χ3n) is 5.17. The molecule has 1 aliphatic heterocycles. The van der Waals surface area contributed by atoms with Crippen molar-refractivity contribution in [3.63, 3.8) is 0 Å². The minimum Gasteiger partial charge on any atom is -0.480 e. The van der Waals surface area contributed by atoms with E-state index in [0.717, 1.165) is 29.1 Å². The third kappa shape index (κ3) is 2.95. The average molecular weight is 348 g/mol. The molecule has 3 atom stereocenters. The van der Waals surface area contributed by atoms with Gasteiger partial charge in [-0.25, -0.2) is 4.98 Å². The monoisotopic (exact) mass is 348 g/mol. The molecule has 2 aromatic rings. The van der Waals surface area contributed by atoms with Crippen molar-refractivity contribution in [3.8, 4) is 10.6 Å². The zero-order valence-electron chi connectivity index (χ0n) is 12.9. The maximum absolute atomic E-state index is 11.7. The number of carboxylic acids is 1. The van der Waals surface area contributed by atoms with Gasteiger partial charge in [0.25, 0.3) is 0 Å². The van der Waals surface area contributed by atoms with Crippen LogP contribution < -0.4 is 0 Å². The summed E-state index contributed by atoms with van der Waals surface area (Å²) in [5, 5.41) is 16.9. The second-order valence-electron chi connectivity index (χ2n) is 6.53. The van der Waals surface area contributed by atoms with Gasteiger partial charge in [-0.2, -0.15) is 11.3 Å². The fraction of sp³-hybridized carbons (Fsp3) is 0.529. The molecule has 0 bridgehead atoms. The quantitative estimate of drug-likeness (QED) is 0.904. The van der Waals surface area contributed by atoms with Gasteiger partial charge < -0.3 is 5.11 Å². The van der Waals surface area contributed by atoms with E-state index in [1.165, 1.54) is 19.3 Å². The minimum atomic E-state index is -0.673. The lowest BCUT2D eigenvalue weighted by atomic mass is 9.85. The zero-order valence-corrected chi connectivity index (χ0v) is 14.5. The number of likely N-dealkylation sites (tertiary alicyclic amines) is 1. The molecule has 2 aliphatic rings. The lowest BCUT2D eigenvalue weighted by Gasteiger charge is -2.32. The second-order valence-corrected chi connectivity index (χ2v) is 8.17. The van der Waals surface area contributed by atoms with Crippen molar-refractivity contribution in [2.75, 3.05) is 0 Å². The van der Waals surface area contributed by atoms with Crippen LogP contribution in [0.5, 0.6) is 0 Å². The number of aliphatic carboxylic acids is 1. The van der Waals surface area contributed by atoms with Gasteiger partial charge in [0.05, 0.1) is 5.69 Å². The maximum Gasteiger partial charge on any atom is 0.320 e. The molecule has 6 heteroatoms. The summed E-state index contributed by atoms with van der Waals surface area (Å²) in [5.41, 5.74) is 2.17. The number of hydrogen-bond donors (Lipinski definition) is 1. The van der Waals surface area contributed by atoms with Crippen LogP contribution in [0.15, 0.2) is 22.2 Å². The predicted molar refractivity (Wildman–Crippen MR) is 92.8 cm³/mol. The lowest BCUT2D eigenvalue weighted by Crippen LogP contribution is -2.41. The summed E-state index contributed by atoms with van der Waals surface area (Å²) in [4.78, 5) is 18.6. The molecule has 1 N–H and O–H groups in total. The Kier molecular flexibility index (Phi) is 4.22. The van der Waals surface area contributed by atoms with Crippen LogP contribution >= 0.6 is 22.7 Å². The van der Waals surface area contributed by atoms with Crippen LogP contribution in [0.2, 0.25) is 0 Å². The summed E-state index contributed by atoms with van der Waals surface area (Å²) in [6, 6.07) is 2.17. The molecule has 0 unspecified atom stereocenters. The molecule has 2 aromatic heterocycles. The number of aromatic nitrogens is 1. The molecule has 0 spiro atoms. The van der Waals surface area contributed by atoms with Crippen LogP contribution in [-0.4, -0.2) is 33.0 Å². The van der Waals surface area contributed by atoms with Gasteiger partial charge in [0, 0.05) is 28.9 Å². The fourth-order valence-electron chi connectivity index (χ4n) is 4.11. The molecule has 0 radical (unpaired) electrons. The molecule has 4 rings (SSSR count). The second kappa shape index (κ2) is 6.34. The van der Waals surface area contributed by atoms with Gasteiger partial charge in [0.2, 0.25) is 0 Å². The first-order chi connectivity index (χ1) is 11.2. The smallest absolute Gasteiger partial charge is 0.320 e. The number of nitrogens with zero attached hydrogens (tertiary/aromatic N) is 2. The largest absolute Gasteiger partial charge is 0.480 e. The molecule has 3 heterocycles. The molecule has 1 aliphatic carbocycles. The van der Waals surface area contributed by atoms with Crippen LogP contribution in [0.1, 0.15) is 37.8 Å². The summed E-state index contributed by atoms with van der Waals surface area (Å²) >= 11 is 3.33. The number of rotatable bonds is 4. The van der Waals surface area contributed by atoms with Crippen LogP contribution in [0.4, 0.5) is 0 Å². The molecule has 0 amide bonds. The van der Waals surface area contributed by atoms with Gasteiger partial charge in [-0.3, -0.25) is 9.69 Å². The van der Waals surface area contributed by atoms with Crippen LogP contribution in [0.25, 0.3) is 10.6 Å². The van der Waals surface area contributed by atoms with E-state index >= 15 is 0 Å². The van der Waals surface area contributed by atoms with E-state index < -0.39 is 5.97 Å². The summed E-state index contributed by atoms with van der Waals surface area (Å²) in [6.07, 6.45) is 5.60. The van der Waals surface area contributed by atoms with Gasteiger partial charge in [0.15, 0.2) is 0 Å². The summed E-state index contributed by atoms with van der Waals surface area (Å²) in [7, 11) is 0. The zero-order chi connectivity index (χ0) is 15.8. The Morgan fingerprint density at radius 1 is 1.35 bits per heavy atom. The van der Waals surface area contributed by atoms with E-state index in [1.807, 2.05) is 0 Å². The van der Waals surface area contributed by atoms with Crippen molar-refractivity contribution in [2.45, 2.75) is 50.7 Å². The molecule has 4 nitrogen and oxygen atoms in total. The molecule has 122 valence electrons. The highest BCUT2D eigenvalue weighted by atomic mass is 32.1. The van der Waals surface area contributed by atoms with Gasteiger partial charge in [0.1, 0.15) is 11.0 Å². The molecule has 0 aromatic carbocycles. The number of carbonyl (C=O) groups is 1. The van der Waals surface area contributed by atoms with E-state index in [-0.39, 0.29) is 6.04 Å². The van der Waals surface area contributed by atoms with Crippen molar-refractivity contribution < 1.29 is 9.90 Å². The molecule has 2 fully saturated rings. The first kappa shape index (κ1) is 15.3. The first-order valence-electron chi connectivity index (χ1n) is 8.18. The van der Waals surface area contributed by atoms with Gasteiger partial charge >= 0.3 is 5.97 Å². The Balaban J connectivity index is 1.55. The number of thiophene rings is 1. The van der Waals surface area contributed by atoms with Crippen molar-refractivity contribution in [3.05, 3.63) is 27.9 Å². The van der Waals surface area contributed by atoms with Crippen LogP contribution in [0, 0.1) is 5.92 Å². The Morgan fingerprint density at radius 3 is 3.00 bits per heavy atom. The SMILES string of the molecule is O=C(O)[C@@H]1C[C@H]2CCCC[C@@H]2N1Cc1csc(-c2ccsc2)n1. The fourth-order valence-corrected chi connectivity index (χ4v) is 5.63. The highest BCUT2D eigenvalue weighted by Crippen LogP contribution is 2.40. The number of carboxylic acid groups (broad SMARTS) is 1. The number of hydrogen-bond acceptors (Lipinski definition) is 5. The Morgan fingerprint density at radius 2 is 2.22 bits per heavy atom. The number of thiazole rings is 1. The summed E-state index contributed by atoms with van der Waals surface area (Å²) < 4.78 is 0. The Labute approximate surface area is 143 Å². The van der Waals surface area contributed by atoms with Crippen LogP contribution in [0.3, 0.4) is 0 Å². The molecule has 1 saturated heterocycles. The standard InChI is InChI=1S/C17H20N2O2S2/c20-17(21)15-7-11-3-1-2-4-14(11)19(15)8-13-10-23-16(18-13)12-5-6-22-9-12/h5-6,9-11,14-15H,1-4,7-8H2,(H,20,21)/t11-,14+,15+/m1/s1. The Hall–Kier alpha value is -1.24. The minimum absolute atomic E-state index is 0.339. The predicted octanol–water partition coefficient (Wildman–Crippen LogP) is 4.09. The number of fused-ring (bicyclic) bond motifs is 1. The highest BCUT2D eigenvalue weighted by Gasteiger charge is 2.45. The topological polar surface area (TPSA) is 53.4 Å². The maximum atomic E-state index is 11.7. The third-order valence-corrected chi connectivity index (χ3v) is 6.79. The van der Waals surface area contributed by atoms with Gasteiger partial charge in [-0.05, 0) is 36.6 Å². The van der Waals surface area contributed by atoms with Crippen molar-refractivity contribution >= 4 is 28.6 Å². The van der Waals surface area contributed by atoms with E-state index in [0.29, 0.717) is 18.5 Å². The van der Waals surface area contributed by atoms with E-state index in [9.17, 15) is 9.90 Å². The lowest BCUT2D eigenvalue weighted by molar-refractivity contribution is -0.142. The normalized spacial score (nSPS) is 27.9. The van der Waals surface area contributed by atoms with Crippen LogP contribution in [-0.2, 0) is 11.3 Å². The van der Waals surface area contributed by atoms with Crippen molar-refractivity contribution in [1.82, 2.24) is 9.88 Å². The van der Waals surface area contributed by atoms with E-state index in [1.54, 1.807) is 22.7 Å². The highest BCUT2D eigenvalue weighted by molar-refractivity contribution is 7.14. The average Bonchev–Trinajstić information content (AvgIpc) is 3.26. The molecule has 1 saturated carbocycles. The molecular weight excluding hydrogens is 328 g/mol. The van der Waals surface area contributed by atoms with E-state index in [2.05, 4.69) is 27.1 Å².